The summed E-state index contributed by atoms with van der Waals surface area (Å²) in [5, 5.41) is 0. The van der Waals surface area contributed by atoms with E-state index in [1.165, 1.54) is 6.07 Å². The zero-order valence-electron chi connectivity index (χ0n) is 16.5. The minimum absolute atomic E-state index is 0.0228. The van der Waals surface area contributed by atoms with E-state index in [1.807, 2.05) is 7.05 Å². The number of likely N-dealkylation sites (tertiary alicyclic amines) is 1. The summed E-state index contributed by atoms with van der Waals surface area (Å²) in [4.78, 5) is 31.5. The molecule has 1 aromatic rings. The van der Waals surface area contributed by atoms with Crippen molar-refractivity contribution in [3.63, 3.8) is 0 Å². The largest absolute Gasteiger partial charge is 0.416 e. The van der Waals surface area contributed by atoms with Crippen LogP contribution in [-0.4, -0.2) is 72.8 Å². The number of carbonyl (C=O) groups excluding carboxylic acids is 2. The maximum Gasteiger partial charge on any atom is 0.416 e. The molecule has 0 N–H and O–H groups in total. The van der Waals surface area contributed by atoms with E-state index in [0.29, 0.717) is 31.7 Å². The molecule has 2 heterocycles. The van der Waals surface area contributed by atoms with Crippen molar-refractivity contribution in [2.45, 2.75) is 24.9 Å². The van der Waals surface area contributed by atoms with E-state index in [1.54, 1.807) is 15.9 Å². The number of benzene rings is 1. The van der Waals surface area contributed by atoms with E-state index in [2.05, 4.69) is 4.90 Å². The highest BCUT2D eigenvalue weighted by Crippen LogP contribution is 2.40. The molecule has 1 aliphatic carbocycles. The van der Waals surface area contributed by atoms with Crippen LogP contribution in [0.15, 0.2) is 24.3 Å². The first-order valence-corrected chi connectivity index (χ1v) is 10.2. The number of likely N-dealkylation sites (N-methyl/N-ethyl adjacent to an activating group) is 1. The molecule has 2 atom stereocenters. The lowest BCUT2D eigenvalue weighted by molar-refractivity contribution is -0.138. The maximum atomic E-state index is 13.3. The summed E-state index contributed by atoms with van der Waals surface area (Å²) in [5.41, 5.74) is -0.230. The van der Waals surface area contributed by atoms with Gasteiger partial charge in [-0.3, -0.25) is 9.59 Å². The summed E-state index contributed by atoms with van der Waals surface area (Å²) in [7, 11) is 2.00. The standard InChI is InChI=1S/C21H26F3N3O2/c1-25-7-9-26(10-8-25)20(29)18-13-27(19(28)14-5-6-14)12-17(18)15-3-2-4-16(11-15)21(22,23)24/h2-4,11,14,17-18H,5-10,12-13H2,1H3. The topological polar surface area (TPSA) is 43.9 Å². The van der Waals surface area contributed by atoms with E-state index in [4.69, 9.17) is 0 Å². The zero-order chi connectivity index (χ0) is 20.8. The highest BCUT2D eigenvalue weighted by Gasteiger charge is 2.45. The Balaban J connectivity index is 1.59. The molecule has 2 amide bonds. The Bertz CT molecular complexity index is 786. The van der Waals surface area contributed by atoms with Crippen LogP contribution >= 0.6 is 0 Å². The Kier molecular flexibility index (Phi) is 5.31. The molecule has 0 bridgehead atoms. The predicted octanol–water partition coefficient (Wildman–Crippen LogP) is 2.43. The fourth-order valence-corrected chi connectivity index (χ4v) is 4.37. The van der Waals surface area contributed by atoms with Crippen LogP contribution in [0.5, 0.6) is 0 Å². The number of nitrogens with zero attached hydrogens (tertiary/aromatic N) is 3. The summed E-state index contributed by atoms with van der Waals surface area (Å²) in [6.45, 7) is 3.37. The number of piperazine rings is 1. The second kappa shape index (κ2) is 7.63. The Morgan fingerprint density at radius 1 is 0.966 bits per heavy atom. The molecule has 158 valence electrons. The molecule has 1 aromatic carbocycles. The second-order valence-electron chi connectivity index (χ2n) is 8.48. The van der Waals surface area contributed by atoms with Gasteiger partial charge in [0.15, 0.2) is 0 Å². The van der Waals surface area contributed by atoms with Crippen molar-refractivity contribution in [2.75, 3.05) is 46.3 Å². The van der Waals surface area contributed by atoms with Crippen LogP contribution in [0.4, 0.5) is 13.2 Å². The fraction of sp³-hybridized carbons (Fsp3) is 0.619. The SMILES string of the molecule is CN1CCN(C(=O)C2CN(C(=O)C3CC3)CC2c2cccc(C(F)(F)F)c2)CC1. The first kappa shape index (κ1) is 20.2. The number of carbonyl (C=O) groups is 2. The highest BCUT2D eigenvalue weighted by molar-refractivity contribution is 5.85. The van der Waals surface area contributed by atoms with Crippen molar-refractivity contribution in [2.24, 2.45) is 11.8 Å². The quantitative estimate of drug-likeness (QED) is 0.770. The van der Waals surface area contributed by atoms with Gasteiger partial charge in [-0.25, -0.2) is 0 Å². The molecule has 3 aliphatic rings. The molecule has 2 aliphatic heterocycles. The van der Waals surface area contributed by atoms with Crippen molar-refractivity contribution in [1.82, 2.24) is 14.7 Å². The Hall–Kier alpha value is -2.09. The van der Waals surface area contributed by atoms with Gasteiger partial charge < -0.3 is 14.7 Å². The molecule has 3 fully saturated rings. The van der Waals surface area contributed by atoms with E-state index in [-0.39, 0.29) is 17.7 Å². The van der Waals surface area contributed by atoms with Gasteiger partial charge >= 0.3 is 6.18 Å². The van der Waals surface area contributed by atoms with Crippen LogP contribution in [0.3, 0.4) is 0 Å². The highest BCUT2D eigenvalue weighted by atomic mass is 19.4. The van der Waals surface area contributed by atoms with Gasteiger partial charge in [0.2, 0.25) is 11.8 Å². The molecule has 1 saturated carbocycles. The van der Waals surface area contributed by atoms with Crippen LogP contribution in [0.1, 0.15) is 29.9 Å². The van der Waals surface area contributed by atoms with Crippen molar-refractivity contribution >= 4 is 11.8 Å². The third-order valence-corrected chi connectivity index (χ3v) is 6.33. The van der Waals surface area contributed by atoms with Crippen molar-refractivity contribution in [3.05, 3.63) is 35.4 Å². The van der Waals surface area contributed by atoms with Gasteiger partial charge in [0.25, 0.3) is 0 Å². The van der Waals surface area contributed by atoms with Gasteiger partial charge in [0.1, 0.15) is 0 Å². The number of rotatable bonds is 3. The van der Waals surface area contributed by atoms with E-state index in [9.17, 15) is 22.8 Å². The minimum Gasteiger partial charge on any atom is -0.341 e. The number of halogens is 3. The number of amides is 2. The van der Waals surface area contributed by atoms with Gasteiger partial charge in [0.05, 0.1) is 11.5 Å². The molecule has 0 spiro atoms. The average molecular weight is 409 g/mol. The average Bonchev–Trinajstić information content (AvgIpc) is 3.45. The number of hydrogen-bond acceptors (Lipinski definition) is 3. The molecule has 5 nitrogen and oxygen atoms in total. The molecule has 2 unspecified atom stereocenters. The normalized spacial score (nSPS) is 26.1. The fourth-order valence-electron chi connectivity index (χ4n) is 4.37. The second-order valence-corrected chi connectivity index (χ2v) is 8.48. The number of hydrogen-bond donors (Lipinski definition) is 0. The van der Waals surface area contributed by atoms with Gasteiger partial charge in [-0.15, -0.1) is 0 Å². The summed E-state index contributed by atoms with van der Waals surface area (Å²) in [5.74, 6) is -0.895. The molecule has 0 aromatic heterocycles. The summed E-state index contributed by atoms with van der Waals surface area (Å²) in [6, 6.07) is 5.22. The number of alkyl halides is 3. The van der Waals surface area contributed by atoms with Crippen molar-refractivity contribution in [1.29, 1.82) is 0 Å². The minimum atomic E-state index is -4.44. The maximum absolute atomic E-state index is 13.3. The first-order chi connectivity index (χ1) is 13.7. The molecule has 4 rings (SSSR count). The molecule has 0 radical (unpaired) electrons. The Morgan fingerprint density at radius 2 is 1.66 bits per heavy atom. The van der Waals surface area contributed by atoms with Crippen LogP contribution in [-0.2, 0) is 15.8 Å². The smallest absolute Gasteiger partial charge is 0.341 e. The van der Waals surface area contributed by atoms with Crippen LogP contribution in [0, 0.1) is 11.8 Å². The summed E-state index contributed by atoms with van der Waals surface area (Å²) < 4.78 is 39.6. The van der Waals surface area contributed by atoms with E-state index < -0.39 is 23.6 Å². The monoisotopic (exact) mass is 409 g/mol. The summed E-state index contributed by atoms with van der Waals surface area (Å²) >= 11 is 0. The van der Waals surface area contributed by atoms with E-state index >= 15 is 0 Å². The molecular weight excluding hydrogens is 383 g/mol. The van der Waals surface area contributed by atoms with Crippen molar-refractivity contribution in [3.8, 4) is 0 Å². The lowest BCUT2D eigenvalue weighted by atomic mass is 9.87. The van der Waals surface area contributed by atoms with Gasteiger partial charge in [-0.05, 0) is 31.5 Å². The first-order valence-electron chi connectivity index (χ1n) is 10.2. The van der Waals surface area contributed by atoms with Crippen molar-refractivity contribution < 1.29 is 22.8 Å². The Morgan fingerprint density at radius 3 is 2.28 bits per heavy atom. The van der Waals surface area contributed by atoms with Gasteiger partial charge in [0, 0.05) is 51.1 Å². The lowest BCUT2D eigenvalue weighted by Crippen LogP contribution is -2.50. The Labute approximate surface area is 168 Å². The van der Waals surface area contributed by atoms with E-state index in [0.717, 1.165) is 38.1 Å². The molecule has 29 heavy (non-hydrogen) atoms. The third-order valence-electron chi connectivity index (χ3n) is 6.33. The zero-order valence-corrected chi connectivity index (χ0v) is 16.5. The molecular formula is C21H26F3N3O2. The molecule has 2 saturated heterocycles. The van der Waals surface area contributed by atoms with Crippen LogP contribution in [0.2, 0.25) is 0 Å². The third kappa shape index (κ3) is 4.27. The van der Waals surface area contributed by atoms with Gasteiger partial charge in [-0.1, -0.05) is 18.2 Å². The van der Waals surface area contributed by atoms with Crippen LogP contribution in [0.25, 0.3) is 0 Å². The lowest BCUT2D eigenvalue weighted by Gasteiger charge is -2.35. The van der Waals surface area contributed by atoms with Crippen LogP contribution < -0.4 is 0 Å². The summed E-state index contributed by atoms with van der Waals surface area (Å²) in [6.07, 6.45) is -2.71. The molecule has 8 heteroatoms. The van der Waals surface area contributed by atoms with Gasteiger partial charge in [-0.2, -0.15) is 13.2 Å². The predicted molar refractivity (Wildman–Crippen MR) is 101 cm³/mol.